The van der Waals surface area contributed by atoms with Crippen molar-refractivity contribution in [3.8, 4) is 0 Å². The average molecular weight is 479 g/mol. The lowest BCUT2D eigenvalue weighted by Gasteiger charge is -2.36. The summed E-state index contributed by atoms with van der Waals surface area (Å²) in [5, 5.41) is 1.48. The van der Waals surface area contributed by atoms with E-state index in [1.807, 2.05) is 18.2 Å². The molecule has 0 amide bonds. The highest BCUT2D eigenvalue weighted by molar-refractivity contribution is 7.99. The summed E-state index contributed by atoms with van der Waals surface area (Å²) in [6, 6.07) is 5.68. The van der Waals surface area contributed by atoms with Crippen LogP contribution in [-0.4, -0.2) is 48.3 Å². The largest absolute Gasteiger partial charge is 0.456 e. The summed E-state index contributed by atoms with van der Waals surface area (Å²) < 4.78 is 11.7. The molecule has 166 valence electrons. The van der Waals surface area contributed by atoms with Crippen molar-refractivity contribution < 1.29 is 9.47 Å². The molecule has 2 heterocycles. The van der Waals surface area contributed by atoms with E-state index in [-0.39, 0.29) is 0 Å². The molecule has 4 rings (SSSR count). The smallest absolute Gasteiger partial charge is 0.231 e. The third kappa shape index (κ3) is 6.26. The molecule has 1 saturated heterocycles. The van der Waals surface area contributed by atoms with Gasteiger partial charge in [-0.25, -0.2) is 0 Å². The highest BCUT2D eigenvalue weighted by atomic mass is 35.5. The predicted octanol–water partition coefficient (Wildman–Crippen LogP) is 6.45. The second kappa shape index (κ2) is 11.4. The topological polar surface area (TPSA) is 24.9 Å². The fraction of sp³-hybridized carbons (Fsp3) is 0.417. The van der Waals surface area contributed by atoms with Crippen LogP contribution in [-0.2, 0) is 9.47 Å². The van der Waals surface area contributed by atoms with Gasteiger partial charge in [-0.15, -0.1) is 11.8 Å². The van der Waals surface area contributed by atoms with E-state index in [9.17, 15) is 0 Å². The lowest BCUT2D eigenvalue weighted by atomic mass is 10.0. The first-order chi connectivity index (χ1) is 15.2. The highest BCUT2D eigenvalue weighted by Crippen LogP contribution is 2.34. The van der Waals surface area contributed by atoms with Crippen molar-refractivity contribution in [2.24, 2.45) is 0 Å². The van der Waals surface area contributed by atoms with E-state index in [4.69, 9.17) is 32.7 Å². The van der Waals surface area contributed by atoms with Crippen LogP contribution in [0.25, 0.3) is 0 Å². The Morgan fingerprint density at radius 1 is 0.968 bits per heavy atom. The molecule has 7 heteroatoms. The molecule has 31 heavy (non-hydrogen) atoms. The minimum absolute atomic E-state index is 0.742. The summed E-state index contributed by atoms with van der Waals surface area (Å²) in [5.41, 5.74) is 1.19. The molecule has 0 saturated carbocycles. The second-order valence-corrected chi connectivity index (χ2v) is 9.69. The molecule has 0 unspecified atom stereocenters. The van der Waals surface area contributed by atoms with E-state index in [0.717, 1.165) is 84.3 Å². The first kappa shape index (κ1) is 22.7. The number of hydrogen-bond acceptors (Lipinski definition) is 5. The van der Waals surface area contributed by atoms with Gasteiger partial charge >= 0.3 is 0 Å². The highest BCUT2D eigenvalue weighted by Gasteiger charge is 2.22. The third-order valence-electron chi connectivity index (χ3n) is 5.62. The summed E-state index contributed by atoms with van der Waals surface area (Å²) >= 11 is 14.2. The Labute approximate surface area is 199 Å². The Balaban J connectivity index is 1.13. The second-order valence-electron chi connectivity index (χ2n) is 7.77. The molecule has 0 radical (unpaired) electrons. The molecule has 4 nitrogen and oxygen atoms in total. The first-order valence-electron chi connectivity index (χ1n) is 10.8. The van der Waals surface area contributed by atoms with Gasteiger partial charge in [0.05, 0.1) is 10.0 Å². The molecule has 1 fully saturated rings. The van der Waals surface area contributed by atoms with E-state index >= 15 is 0 Å². The van der Waals surface area contributed by atoms with Gasteiger partial charge in [0.1, 0.15) is 6.26 Å². The zero-order valence-electron chi connectivity index (χ0n) is 17.6. The number of rotatable bonds is 8. The standard InChI is InChI=1S/C24H28Cl2N2O2S/c25-20-9-6-10-21(26)24(20)31-16-5-4-11-27-12-14-28(15-13-27)23-18-29-22(17-30-23)19-7-2-1-3-8-19/h1-2,6-7,9-10,17-18H,3-5,8,11-16H2. The van der Waals surface area contributed by atoms with Crippen molar-refractivity contribution in [3.63, 3.8) is 0 Å². The Morgan fingerprint density at radius 3 is 2.45 bits per heavy atom. The van der Waals surface area contributed by atoms with Crippen LogP contribution < -0.4 is 0 Å². The Kier molecular flexibility index (Phi) is 8.31. The number of piperazine rings is 1. The minimum atomic E-state index is 0.742. The van der Waals surface area contributed by atoms with Gasteiger partial charge in [0.15, 0.2) is 12.0 Å². The van der Waals surface area contributed by atoms with E-state index in [1.165, 1.54) is 12.0 Å². The van der Waals surface area contributed by atoms with Crippen LogP contribution >= 0.6 is 35.0 Å². The van der Waals surface area contributed by atoms with Crippen LogP contribution in [0.15, 0.2) is 71.1 Å². The molecule has 0 N–H and O–H groups in total. The fourth-order valence-electron chi connectivity index (χ4n) is 3.82. The number of hydrogen-bond donors (Lipinski definition) is 0. The monoisotopic (exact) mass is 478 g/mol. The summed E-state index contributed by atoms with van der Waals surface area (Å²) in [6.07, 6.45) is 14.2. The van der Waals surface area contributed by atoms with E-state index in [2.05, 4.69) is 28.0 Å². The molecule has 1 aromatic carbocycles. The zero-order chi connectivity index (χ0) is 21.5. The summed E-state index contributed by atoms with van der Waals surface area (Å²) in [4.78, 5) is 5.78. The summed E-state index contributed by atoms with van der Waals surface area (Å²) in [6.45, 7) is 5.10. The summed E-state index contributed by atoms with van der Waals surface area (Å²) in [5.74, 6) is 2.66. The lowest BCUT2D eigenvalue weighted by molar-refractivity contribution is 0.0841. The van der Waals surface area contributed by atoms with E-state index < -0.39 is 0 Å². The molecule has 0 bridgehead atoms. The molecular weight excluding hydrogens is 451 g/mol. The maximum absolute atomic E-state index is 6.24. The normalized spacial score (nSPS) is 19.3. The lowest BCUT2D eigenvalue weighted by Crippen LogP contribution is -2.46. The Bertz CT molecular complexity index is 869. The zero-order valence-corrected chi connectivity index (χ0v) is 19.9. The molecule has 3 aliphatic rings. The molecule has 1 aromatic rings. The Hall–Kier alpha value is -1.53. The van der Waals surface area contributed by atoms with Crippen molar-refractivity contribution in [2.75, 3.05) is 38.5 Å². The van der Waals surface area contributed by atoms with E-state index in [0.29, 0.717) is 0 Å². The quantitative estimate of drug-likeness (QED) is 0.315. The molecular formula is C24H28Cl2N2O2S. The van der Waals surface area contributed by atoms with Gasteiger partial charge < -0.3 is 14.4 Å². The number of benzene rings is 1. The van der Waals surface area contributed by atoms with Gasteiger partial charge in [0.25, 0.3) is 0 Å². The molecule has 0 atom stereocenters. The van der Waals surface area contributed by atoms with Crippen molar-refractivity contribution >= 4 is 35.0 Å². The summed E-state index contributed by atoms with van der Waals surface area (Å²) in [7, 11) is 0. The van der Waals surface area contributed by atoms with Crippen molar-refractivity contribution in [1.29, 1.82) is 0 Å². The van der Waals surface area contributed by atoms with Crippen LogP contribution in [0.5, 0.6) is 0 Å². The van der Waals surface area contributed by atoms with Crippen molar-refractivity contribution in [3.05, 3.63) is 76.2 Å². The molecule has 1 aliphatic carbocycles. The fourth-order valence-corrected chi connectivity index (χ4v) is 5.50. The van der Waals surface area contributed by atoms with Crippen LogP contribution in [0, 0.1) is 0 Å². The van der Waals surface area contributed by atoms with Gasteiger partial charge in [-0.2, -0.15) is 0 Å². The molecule has 2 aliphatic heterocycles. The van der Waals surface area contributed by atoms with Crippen molar-refractivity contribution in [1.82, 2.24) is 9.80 Å². The van der Waals surface area contributed by atoms with Crippen LogP contribution in [0.1, 0.15) is 25.7 Å². The van der Waals surface area contributed by atoms with Gasteiger partial charge in [-0.05, 0) is 55.7 Å². The first-order valence-corrected chi connectivity index (χ1v) is 12.6. The molecule has 0 aromatic heterocycles. The van der Waals surface area contributed by atoms with Crippen LogP contribution in [0.4, 0.5) is 0 Å². The van der Waals surface area contributed by atoms with Crippen molar-refractivity contribution in [2.45, 2.75) is 30.6 Å². The SMILES string of the molecule is Clc1cccc(Cl)c1SCCCCN1CCN(C2=COC(C3=CC=CCC3)=CO2)CC1. The maximum atomic E-state index is 6.24. The number of nitrogens with zero attached hydrogens (tertiary/aromatic N) is 2. The van der Waals surface area contributed by atoms with Crippen LogP contribution in [0.2, 0.25) is 10.0 Å². The predicted molar refractivity (Wildman–Crippen MR) is 129 cm³/mol. The van der Waals surface area contributed by atoms with Gasteiger partial charge in [-0.3, -0.25) is 4.90 Å². The number of unbranched alkanes of at least 4 members (excludes halogenated alkanes) is 1. The van der Waals surface area contributed by atoms with Gasteiger partial charge in [0, 0.05) is 31.1 Å². The molecule has 0 spiro atoms. The van der Waals surface area contributed by atoms with Crippen LogP contribution in [0.3, 0.4) is 0 Å². The average Bonchev–Trinajstić information content (AvgIpc) is 2.82. The third-order valence-corrected chi connectivity index (χ3v) is 7.70. The Morgan fingerprint density at radius 2 is 1.77 bits per heavy atom. The number of thioether (sulfide) groups is 1. The number of halogens is 2. The van der Waals surface area contributed by atoms with Gasteiger partial charge in [-0.1, -0.05) is 47.5 Å². The number of ether oxygens (including phenoxy) is 2. The maximum Gasteiger partial charge on any atom is 0.231 e. The minimum Gasteiger partial charge on any atom is -0.456 e. The van der Waals surface area contributed by atoms with Gasteiger partial charge in [0.2, 0.25) is 5.88 Å². The van der Waals surface area contributed by atoms with E-state index in [1.54, 1.807) is 24.3 Å². The number of allylic oxidation sites excluding steroid dienone is 4.